The molecule has 8 aliphatic heterocycles. The highest BCUT2D eigenvalue weighted by atomic mass is 79.9. The Hall–Kier alpha value is -1.39. The molecule has 0 unspecified atom stereocenters. The number of ether oxygens (including phenoxy) is 8. The predicted octanol–water partition coefficient (Wildman–Crippen LogP) is 13.8. The van der Waals surface area contributed by atoms with Crippen LogP contribution in [0.5, 0.6) is 0 Å². The summed E-state index contributed by atoms with van der Waals surface area (Å²) < 4.78 is 80.7. The third kappa shape index (κ3) is 11.8. The van der Waals surface area contributed by atoms with Gasteiger partial charge in [0.25, 0.3) is 8.32 Å². The van der Waals surface area contributed by atoms with Crippen molar-refractivity contribution >= 4 is 51.3 Å². The maximum Gasteiger partial charge on any atom is 0.261 e. The van der Waals surface area contributed by atoms with Crippen molar-refractivity contribution in [3.8, 4) is 0 Å². The van der Waals surface area contributed by atoms with Gasteiger partial charge in [-0.25, -0.2) is 0 Å². The summed E-state index contributed by atoms with van der Waals surface area (Å²) in [7, 11) is -7.12. The van der Waals surface area contributed by atoms with Crippen LogP contribution >= 0.6 is 15.9 Å². The maximum atomic E-state index is 7.63. The van der Waals surface area contributed by atoms with E-state index in [4.69, 9.17) is 51.2 Å². The molecule has 0 N–H and O–H groups in total. The molecule has 15 heteroatoms. The molecule has 10 rings (SSSR count). The molecule has 18 atom stereocenters. The fraction of sp³-hybridized carbons (Fsp3) is 0.758. The topological polar surface area (TPSA) is 102 Å². The van der Waals surface area contributed by atoms with Crippen LogP contribution in [-0.4, -0.2) is 139 Å². The lowest BCUT2D eigenvalue weighted by atomic mass is 9.72. The molecular weight excluding hydrogens is 1130 g/mol. The van der Waals surface area contributed by atoms with Crippen LogP contribution in [0.25, 0.3) is 0 Å². The molecule has 0 bridgehead atoms. The van der Waals surface area contributed by atoms with E-state index < -0.39 is 53.0 Å². The summed E-state index contributed by atoms with van der Waals surface area (Å²) >= 11 is 3.57. The first-order chi connectivity index (χ1) is 37.7. The van der Waals surface area contributed by atoms with Gasteiger partial charge in [-0.2, -0.15) is 0 Å². The van der Waals surface area contributed by atoms with Crippen LogP contribution in [0.15, 0.2) is 83.9 Å². The summed E-state index contributed by atoms with van der Waals surface area (Å²) in [6.45, 7) is 42.1. The number of fused-ring (bicyclic) bond motifs is 7. The summed E-state index contributed by atoms with van der Waals surface area (Å²) in [4.78, 5) is 1.90. The van der Waals surface area contributed by atoms with Crippen LogP contribution < -0.4 is 10.4 Å². The number of hydrogen-bond acceptors (Lipinski definition) is 11. The van der Waals surface area contributed by atoms with E-state index in [2.05, 4.69) is 218 Å². The number of halogens is 1. The molecule has 0 amide bonds. The molecule has 0 aliphatic carbocycles. The lowest BCUT2D eigenvalue weighted by Crippen LogP contribution is -2.73. The lowest BCUT2D eigenvalue weighted by molar-refractivity contribution is -0.368. The highest BCUT2D eigenvalue weighted by Gasteiger charge is 2.66. The zero-order chi connectivity index (χ0) is 58.6. The van der Waals surface area contributed by atoms with Crippen molar-refractivity contribution in [2.24, 2.45) is 0 Å². The van der Waals surface area contributed by atoms with Crippen molar-refractivity contribution < 1.29 is 51.2 Å². The van der Waals surface area contributed by atoms with Crippen molar-refractivity contribution in [2.75, 3.05) is 6.61 Å². The van der Waals surface area contributed by atoms with E-state index in [-0.39, 0.29) is 94.5 Å². The zero-order valence-corrected chi connectivity index (χ0v) is 57.3. The van der Waals surface area contributed by atoms with Crippen LogP contribution in [0.4, 0.5) is 0 Å². The molecule has 11 nitrogen and oxygen atoms in total. The Morgan fingerprint density at radius 1 is 0.605 bits per heavy atom. The second-order valence-corrected chi connectivity index (χ2v) is 45.3. The highest BCUT2D eigenvalue weighted by Crippen LogP contribution is 2.56. The van der Waals surface area contributed by atoms with Gasteiger partial charge in [0.1, 0.15) is 23.4 Å². The van der Waals surface area contributed by atoms with Gasteiger partial charge in [-0.05, 0) is 123 Å². The Morgan fingerprint density at radius 3 is 1.85 bits per heavy atom. The third-order valence-electron chi connectivity index (χ3n) is 21.7. The van der Waals surface area contributed by atoms with Crippen LogP contribution in [0.2, 0.25) is 41.3 Å². The molecule has 8 heterocycles. The van der Waals surface area contributed by atoms with Crippen molar-refractivity contribution in [2.45, 2.75) is 310 Å². The average molecular weight is 1240 g/mol. The highest BCUT2D eigenvalue weighted by molar-refractivity contribution is 9.11. The van der Waals surface area contributed by atoms with Gasteiger partial charge >= 0.3 is 0 Å². The van der Waals surface area contributed by atoms with E-state index in [0.717, 1.165) is 51.4 Å². The fourth-order valence-corrected chi connectivity index (χ4v) is 23.0. The van der Waals surface area contributed by atoms with E-state index in [1.807, 2.05) is 4.99 Å². The first-order valence-corrected chi connectivity index (χ1v) is 39.7. The Bertz CT molecular complexity index is 2530. The first-order valence-electron chi connectivity index (χ1n) is 31.1. The normalized spacial score (nSPS) is 41.3. The fourth-order valence-electron chi connectivity index (χ4n) is 15.1. The van der Waals surface area contributed by atoms with E-state index in [9.17, 15) is 0 Å². The lowest BCUT2D eigenvalue weighted by Gasteiger charge is -2.62. The van der Waals surface area contributed by atoms with Crippen molar-refractivity contribution in [1.29, 1.82) is 0 Å². The van der Waals surface area contributed by atoms with Gasteiger partial charge in [0.2, 0.25) is 0 Å². The average Bonchev–Trinajstić information content (AvgIpc) is 2.42. The van der Waals surface area contributed by atoms with Gasteiger partial charge in [-0.15, -0.1) is 0 Å². The molecule has 0 aromatic heterocycles. The Labute approximate surface area is 499 Å². The van der Waals surface area contributed by atoms with Crippen molar-refractivity contribution in [3.63, 3.8) is 0 Å². The quantitative estimate of drug-likeness (QED) is 0.115. The summed E-state index contributed by atoms with van der Waals surface area (Å²) in [5.74, 6) is 0. The Kier molecular flexibility index (Phi) is 17.3. The van der Waals surface area contributed by atoms with Crippen molar-refractivity contribution in [3.05, 3.63) is 83.9 Å². The van der Waals surface area contributed by atoms with E-state index in [1.54, 1.807) is 0 Å². The second-order valence-electron chi connectivity index (χ2n) is 30.9. The third-order valence-corrected chi connectivity index (χ3v) is 36.1. The smallest absolute Gasteiger partial charge is 0.261 e. The molecule has 452 valence electrons. The van der Waals surface area contributed by atoms with E-state index in [0.29, 0.717) is 19.4 Å². The molecule has 0 spiro atoms. The molecule has 81 heavy (non-hydrogen) atoms. The van der Waals surface area contributed by atoms with Crippen LogP contribution in [-0.2, 0) is 51.2 Å². The second kappa shape index (κ2) is 22.3. The predicted molar refractivity (Wildman–Crippen MR) is 333 cm³/mol. The molecule has 2 aromatic carbocycles. The SMILES string of the molecule is CC(C)(C)[Si](C)(C)O[C@H]1C[C@H](CCCO[Si](c2ccccc2)(c2ccccc2)C(C)(C)C)O[C@@H]2C[C@@H]3O[C@@H]4C[C@@H]5O[C@]6(C)C[C@]7(C)O[C@@H]8C=C[C@](C)(O[Si](C)(C)C(C)(C)C)[C@@H](/C=C\Br)O[C@H]8C[C@H]7O[C@H]6CC[C@H]5O[C@H]4C[C@@]3(C)O[C@@]12C. The largest absolute Gasteiger partial charge is 0.411 e. The van der Waals surface area contributed by atoms with Crippen LogP contribution in [0.3, 0.4) is 0 Å². The van der Waals surface area contributed by atoms with E-state index in [1.165, 1.54) is 10.4 Å². The van der Waals surface area contributed by atoms with Gasteiger partial charge in [-0.1, -0.05) is 151 Å². The minimum atomic E-state index is -2.69. The van der Waals surface area contributed by atoms with Gasteiger partial charge in [0, 0.05) is 45.1 Å². The van der Waals surface area contributed by atoms with E-state index >= 15 is 0 Å². The van der Waals surface area contributed by atoms with Gasteiger partial charge in [-0.3, -0.25) is 0 Å². The number of hydrogen-bond donors (Lipinski definition) is 0. The molecule has 0 radical (unpaired) electrons. The molecule has 0 saturated carbocycles. The van der Waals surface area contributed by atoms with Crippen LogP contribution in [0.1, 0.15) is 161 Å². The minimum absolute atomic E-state index is 0.0177. The summed E-state index contributed by atoms with van der Waals surface area (Å²) in [6, 6.07) is 21.9. The molecule has 2 aromatic rings. The number of benzene rings is 2. The molecule has 7 saturated heterocycles. The molecule has 7 fully saturated rings. The first kappa shape index (κ1) is 62.7. The summed E-state index contributed by atoms with van der Waals surface area (Å²) in [6.07, 6.45) is 12.1. The number of rotatable bonds is 12. The Morgan fingerprint density at radius 2 is 1.23 bits per heavy atom. The summed E-state index contributed by atoms with van der Waals surface area (Å²) in [5, 5.41) is 2.57. The standard InChI is InChI=1S/C66H103BrO11Si3/c1-59(2,3)79(15,16)76-58-38-44(26-25-37-68-81(61(7,8)9,45-27-21-19-22-28-45)46-29-23-20-24-30-46)69-57-41-56-63(11,77-66(57,58)14)42-52-49(72-56)39-51-47(70-52)31-32-53-64(12,75-51)43-65(13)55(73-53)40-50-48(74-65)33-35-62(10,54(71-50)34-36-67)78-80(17,18)60(4,5)6/h19-24,27-30,33-36,44,47-58H,25-26,31-32,37-43H2,1-18H3/b36-34-/t44-,47+,48+,49+,50-,51-,52-,53-,54+,55+,56-,57+,58-,62-,63+,64+,65-,66+/m0/s1. The van der Waals surface area contributed by atoms with Gasteiger partial charge < -0.3 is 51.2 Å². The molecular formula is C66H103BrO11Si3. The van der Waals surface area contributed by atoms with Gasteiger partial charge in [0.15, 0.2) is 16.6 Å². The minimum Gasteiger partial charge on any atom is -0.411 e. The molecule has 8 aliphatic rings. The maximum absolute atomic E-state index is 7.63. The van der Waals surface area contributed by atoms with Crippen LogP contribution in [0, 0.1) is 0 Å². The van der Waals surface area contributed by atoms with Crippen molar-refractivity contribution in [1.82, 2.24) is 0 Å². The van der Waals surface area contributed by atoms with Gasteiger partial charge in [0.05, 0.1) is 83.9 Å². The Balaban J connectivity index is 0.838. The monoisotopic (exact) mass is 1230 g/mol. The summed E-state index contributed by atoms with van der Waals surface area (Å²) in [5.41, 5.74) is -3.16. The zero-order valence-electron chi connectivity index (χ0n) is 52.7.